The average Bonchev–Trinajstić information content (AvgIpc) is 2.79. The van der Waals surface area contributed by atoms with Crippen LogP contribution in [0, 0.1) is 0 Å². The summed E-state index contributed by atoms with van der Waals surface area (Å²) in [5.41, 5.74) is 3.75. The number of hydrogen-bond donors (Lipinski definition) is 1. The summed E-state index contributed by atoms with van der Waals surface area (Å²) in [6.45, 7) is 2.85. The molecule has 0 aliphatic carbocycles. The van der Waals surface area contributed by atoms with E-state index in [0.717, 1.165) is 31.1 Å². The molecular weight excluding hydrogens is 258 g/mol. The lowest BCUT2D eigenvalue weighted by Gasteiger charge is -2.15. The third kappa shape index (κ3) is 2.75. The molecule has 0 bridgehead atoms. The summed E-state index contributed by atoms with van der Waals surface area (Å²) in [4.78, 5) is 2.38. The summed E-state index contributed by atoms with van der Waals surface area (Å²) in [5.74, 6) is 0.353. The van der Waals surface area contributed by atoms with E-state index in [4.69, 9.17) is 11.6 Å². The summed E-state index contributed by atoms with van der Waals surface area (Å²) in [6, 6.07) is 13.6. The molecule has 0 amide bonds. The second-order valence-corrected chi connectivity index (χ2v) is 5.41. The van der Waals surface area contributed by atoms with Crippen LogP contribution >= 0.6 is 11.6 Å². The zero-order valence-electron chi connectivity index (χ0n) is 10.6. The molecule has 19 heavy (non-hydrogen) atoms. The van der Waals surface area contributed by atoms with E-state index in [1.54, 1.807) is 6.07 Å². The number of benzene rings is 2. The molecule has 1 heterocycles. The van der Waals surface area contributed by atoms with E-state index < -0.39 is 0 Å². The van der Waals surface area contributed by atoms with Crippen LogP contribution in [-0.4, -0.2) is 16.6 Å². The van der Waals surface area contributed by atoms with Crippen LogP contribution in [0.4, 0.5) is 0 Å². The van der Waals surface area contributed by atoms with Crippen LogP contribution in [-0.2, 0) is 19.5 Å². The Labute approximate surface area is 118 Å². The molecule has 1 aliphatic heterocycles. The third-order valence-corrected chi connectivity index (χ3v) is 4.00. The molecule has 0 saturated heterocycles. The number of fused-ring (bicyclic) bond motifs is 1. The summed E-state index contributed by atoms with van der Waals surface area (Å²) in [7, 11) is 0. The van der Waals surface area contributed by atoms with Gasteiger partial charge in [-0.05, 0) is 41.3 Å². The van der Waals surface area contributed by atoms with Crippen molar-refractivity contribution in [3.63, 3.8) is 0 Å². The van der Waals surface area contributed by atoms with Gasteiger partial charge in [-0.3, -0.25) is 4.90 Å². The van der Waals surface area contributed by atoms with Crippen LogP contribution in [0.2, 0.25) is 5.02 Å². The van der Waals surface area contributed by atoms with Gasteiger partial charge in [0.05, 0.1) is 0 Å². The van der Waals surface area contributed by atoms with Crippen LogP contribution < -0.4 is 0 Å². The monoisotopic (exact) mass is 273 g/mol. The van der Waals surface area contributed by atoms with Crippen molar-refractivity contribution in [2.45, 2.75) is 19.5 Å². The number of phenolic OH excluding ortho intramolecular Hbond substituents is 1. The fourth-order valence-electron chi connectivity index (χ4n) is 2.59. The van der Waals surface area contributed by atoms with Crippen LogP contribution in [0.3, 0.4) is 0 Å². The highest BCUT2D eigenvalue weighted by molar-refractivity contribution is 6.31. The number of phenols is 1. The maximum atomic E-state index is 9.49. The molecule has 0 radical (unpaired) electrons. The second-order valence-electron chi connectivity index (χ2n) is 5.01. The van der Waals surface area contributed by atoms with Gasteiger partial charge in [-0.2, -0.15) is 0 Å². The van der Waals surface area contributed by atoms with Gasteiger partial charge in [0.2, 0.25) is 0 Å². The van der Waals surface area contributed by atoms with E-state index in [-0.39, 0.29) is 0 Å². The maximum absolute atomic E-state index is 9.49. The Kier molecular flexibility index (Phi) is 3.45. The van der Waals surface area contributed by atoms with E-state index in [1.807, 2.05) is 30.3 Å². The van der Waals surface area contributed by atoms with Gasteiger partial charge in [0, 0.05) is 24.7 Å². The van der Waals surface area contributed by atoms with Gasteiger partial charge in [-0.15, -0.1) is 0 Å². The zero-order valence-corrected chi connectivity index (χ0v) is 11.4. The second kappa shape index (κ2) is 5.24. The van der Waals surface area contributed by atoms with E-state index in [9.17, 15) is 5.11 Å². The van der Waals surface area contributed by atoms with Gasteiger partial charge in [0.1, 0.15) is 5.75 Å². The van der Waals surface area contributed by atoms with Crippen molar-refractivity contribution in [1.82, 2.24) is 4.90 Å². The lowest BCUT2D eigenvalue weighted by atomic mass is 10.1. The molecule has 1 aliphatic rings. The van der Waals surface area contributed by atoms with E-state index in [2.05, 4.69) is 11.0 Å². The highest BCUT2D eigenvalue weighted by atomic mass is 35.5. The number of nitrogens with zero attached hydrogens (tertiary/aromatic N) is 1. The van der Waals surface area contributed by atoms with Crippen molar-refractivity contribution >= 4 is 11.6 Å². The summed E-state index contributed by atoms with van der Waals surface area (Å²) in [6.07, 6.45) is 0.958. The molecule has 1 N–H and O–H groups in total. The zero-order chi connectivity index (χ0) is 13.2. The quantitative estimate of drug-likeness (QED) is 0.924. The maximum Gasteiger partial charge on any atom is 0.115 e. The lowest BCUT2D eigenvalue weighted by Crippen LogP contribution is -2.19. The van der Waals surface area contributed by atoms with E-state index in [0.29, 0.717) is 5.75 Å². The number of aromatic hydroxyl groups is 1. The Balaban J connectivity index is 1.63. The Morgan fingerprint density at radius 2 is 1.84 bits per heavy atom. The fourth-order valence-corrected chi connectivity index (χ4v) is 2.82. The van der Waals surface area contributed by atoms with Gasteiger partial charge in [0.15, 0.2) is 0 Å². The van der Waals surface area contributed by atoms with Crippen molar-refractivity contribution in [2.24, 2.45) is 0 Å². The Morgan fingerprint density at radius 1 is 1.05 bits per heavy atom. The van der Waals surface area contributed by atoms with Crippen LogP contribution in [0.1, 0.15) is 16.7 Å². The first kappa shape index (κ1) is 12.5. The fraction of sp³-hybridized carbons (Fsp3) is 0.250. The van der Waals surface area contributed by atoms with Gasteiger partial charge >= 0.3 is 0 Å². The number of halogens is 1. The first-order chi connectivity index (χ1) is 9.22. The first-order valence-corrected chi connectivity index (χ1v) is 6.87. The van der Waals surface area contributed by atoms with Crippen LogP contribution in [0.15, 0.2) is 42.5 Å². The molecule has 2 nitrogen and oxygen atoms in total. The predicted molar refractivity (Wildman–Crippen MR) is 77.4 cm³/mol. The summed E-state index contributed by atoms with van der Waals surface area (Å²) in [5, 5.41) is 10.3. The molecule has 0 atom stereocenters. The largest absolute Gasteiger partial charge is 0.508 e. The molecule has 0 aromatic heterocycles. The topological polar surface area (TPSA) is 23.5 Å². The Hall–Kier alpha value is -1.51. The minimum absolute atomic E-state index is 0.353. The SMILES string of the molecule is Oc1ccc2c(c1)CN(CCc1ccccc1Cl)C2. The van der Waals surface area contributed by atoms with Crippen LogP contribution in [0.5, 0.6) is 5.75 Å². The highest BCUT2D eigenvalue weighted by Gasteiger charge is 2.18. The predicted octanol–water partition coefficient (Wildman–Crippen LogP) is 3.60. The molecule has 0 fully saturated rings. The standard InChI is InChI=1S/C16H16ClNO/c17-16-4-2-1-3-12(16)7-8-18-10-13-5-6-15(19)9-14(13)11-18/h1-6,9,19H,7-8,10-11H2. The Morgan fingerprint density at radius 3 is 2.68 bits per heavy atom. The van der Waals surface area contributed by atoms with Crippen LogP contribution in [0.25, 0.3) is 0 Å². The molecule has 2 aromatic carbocycles. The summed E-state index contributed by atoms with van der Waals surface area (Å²) < 4.78 is 0. The lowest BCUT2D eigenvalue weighted by molar-refractivity contribution is 0.288. The van der Waals surface area contributed by atoms with E-state index >= 15 is 0 Å². The normalized spacial score (nSPS) is 14.6. The highest BCUT2D eigenvalue weighted by Crippen LogP contribution is 2.26. The van der Waals surface area contributed by atoms with Crippen molar-refractivity contribution in [1.29, 1.82) is 0 Å². The van der Waals surface area contributed by atoms with Gasteiger partial charge < -0.3 is 5.11 Å². The molecule has 0 unspecified atom stereocenters. The molecular formula is C16H16ClNO. The van der Waals surface area contributed by atoms with Crippen molar-refractivity contribution in [3.05, 3.63) is 64.2 Å². The van der Waals surface area contributed by atoms with Gasteiger partial charge in [-0.25, -0.2) is 0 Å². The molecule has 3 heteroatoms. The number of hydrogen-bond acceptors (Lipinski definition) is 2. The molecule has 2 aromatic rings. The van der Waals surface area contributed by atoms with Gasteiger partial charge in [-0.1, -0.05) is 35.9 Å². The van der Waals surface area contributed by atoms with Gasteiger partial charge in [0.25, 0.3) is 0 Å². The minimum Gasteiger partial charge on any atom is -0.508 e. The molecule has 0 saturated carbocycles. The van der Waals surface area contributed by atoms with Crippen molar-refractivity contribution in [2.75, 3.05) is 6.54 Å². The number of rotatable bonds is 3. The average molecular weight is 274 g/mol. The van der Waals surface area contributed by atoms with Crippen molar-refractivity contribution in [3.8, 4) is 5.75 Å². The first-order valence-electron chi connectivity index (χ1n) is 6.49. The minimum atomic E-state index is 0.353. The molecule has 98 valence electrons. The summed E-state index contributed by atoms with van der Waals surface area (Å²) >= 11 is 6.17. The van der Waals surface area contributed by atoms with Crippen molar-refractivity contribution < 1.29 is 5.11 Å². The van der Waals surface area contributed by atoms with E-state index in [1.165, 1.54) is 16.7 Å². The Bertz CT molecular complexity index is 597. The molecule has 3 rings (SSSR count). The smallest absolute Gasteiger partial charge is 0.115 e. The third-order valence-electron chi connectivity index (χ3n) is 3.63. The molecule has 0 spiro atoms.